The number of benzene rings is 2. The van der Waals surface area contributed by atoms with Crippen LogP contribution in [-0.4, -0.2) is 6.04 Å². The first-order valence-electron chi connectivity index (χ1n) is 6.34. The lowest BCUT2D eigenvalue weighted by molar-refractivity contribution is 0.469. The van der Waals surface area contributed by atoms with Crippen molar-refractivity contribution in [2.75, 3.05) is 0 Å². The van der Waals surface area contributed by atoms with E-state index in [0.717, 1.165) is 6.07 Å². The second kappa shape index (κ2) is 6.93. The largest absolute Gasteiger partial charge is 0.271 e. The Bertz CT molecular complexity index is 630. The monoisotopic (exact) mass is 314 g/mol. The van der Waals surface area contributed by atoms with Crippen molar-refractivity contribution in [3.8, 4) is 0 Å². The summed E-state index contributed by atoms with van der Waals surface area (Å²) in [5.74, 6) is 3.17. The van der Waals surface area contributed by atoms with E-state index in [1.54, 1.807) is 0 Å². The van der Waals surface area contributed by atoms with Crippen molar-refractivity contribution in [1.82, 2.24) is 5.43 Å². The van der Waals surface area contributed by atoms with Gasteiger partial charge in [-0.2, -0.15) is 0 Å². The van der Waals surface area contributed by atoms with Crippen LogP contribution >= 0.6 is 11.6 Å². The van der Waals surface area contributed by atoms with Crippen LogP contribution in [0.3, 0.4) is 0 Å². The van der Waals surface area contributed by atoms with Gasteiger partial charge in [0.1, 0.15) is 5.82 Å². The molecular formula is C15H14ClF3N2. The highest BCUT2D eigenvalue weighted by Gasteiger charge is 2.16. The predicted molar refractivity (Wildman–Crippen MR) is 76.3 cm³/mol. The van der Waals surface area contributed by atoms with Gasteiger partial charge in [-0.3, -0.25) is 11.3 Å². The average molecular weight is 315 g/mol. The molecule has 2 nitrogen and oxygen atoms in total. The van der Waals surface area contributed by atoms with Crippen LogP contribution in [0.4, 0.5) is 13.2 Å². The van der Waals surface area contributed by atoms with Gasteiger partial charge in [0.15, 0.2) is 11.6 Å². The van der Waals surface area contributed by atoms with Crippen LogP contribution in [0.5, 0.6) is 0 Å². The van der Waals surface area contributed by atoms with Gasteiger partial charge in [0.05, 0.1) is 0 Å². The van der Waals surface area contributed by atoms with Gasteiger partial charge in [0.2, 0.25) is 0 Å². The van der Waals surface area contributed by atoms with E-state index < -0.39 is 23.5 Å². The maximum Gasteiger partial charge on any atom is 0.162 e. The summed E-state index contributed by atoms with van der Waals surface area (Å²) in [5, 5.41) is 0.402. The van der Waals surface area contributed by atoms with Crippen molar-refractivity contribution in [3.05, 3.63) is 70.0 Å². The summed E-state index contributed by atoms with van der Waals surface area (Å²) >= 11 is 5.82. The number of hydrazine groups is 1. The van der Waals surface area contributed by atoms with E-state index in [9.17, 15) is 13.2 Å². The fourth-order valence-electron chi connectivity index (χ4n) is 2.13. The lowest BCUT2D eigenvalue weighted by Crippen LogP contribution is -2.38. The third-order valence-electron chi connectivity index (χ3n) is 3.21. The summed E-state index contributed by atoms with van der Waals surface area (Å²) < 4.78 is 40.5. The second-order valence-electron chi connectivity index (χ2n) is 4.72. The van der Waals surface area contributed by atoms with Gasteiger partial charge >= 0.3 is 0 Å². The van der Waals surface area contributed by atoms with E-state index in [1.165, 1.54) is 30.3 Å². The molecule has 2 aromatic rings. The van der Waals surface area contributed by atoms with Crippen LogP contribution in [0.1, 0.15) is 11.1 Å². The van der Waals surface area contributed by atoms with Gasteiger partial charge in [-0.1, -0.05) is 23.7 Å². The van der Waals surface area contributed by atoms with Crippen LogP contribution < -0.4 is 11.3 Å². The van der Waals surface area contributed by atoms with Gasteiger partial charge in [-0.15, -0.1) is 0 Å². The Morgan fingerprint density at radius 3 is 2.43 bits per heavy atom. The highest BCUT2D eigenvalue weighted by Crippen LogP contribution is 2.19. The molecule has 112 valence electrons. The molecule has 21 heavy (non-hydrogen) atoms. The smallest absolute Gasteiger partial charge is 0.162 e. The molecule has 0 saturated carbocycles. The van der Waals surface area contributed by atoms with Gasteiger partial charge in [-0.05, 0) is 48.2 Å². The van der Waals surface area contributed by atoms with E-state index in [2.05, 4.69) is 5.43 Å². The van der Waals surface area contributed by atoms with E-state index in [0.29, 0.717) is 10.6 Å². The van der Waals surface area contributed by atoms with Crippen LogP contribution in [0, 0.1) is 17.5 Å². The molecule has 0 fully saturated rings. The van der Waals surface area contributed by atoms with Crippen LogP contribution in [-0.2, 0) is 12.8 Å². The van der Waals surface area contributed by atoms with Crippen molar-refractivity contribution in [3.63, 3.8) is 0 Å². The van der Waals surface area contributed by atoms with Crippen LogP contribution in [0.25, 0.3) is 0 Å². The second-order valence-corrected chi connectivity index (χ2v) is 5.16. The van der Waals surface area contributed by atoms with E-state index >= 15 is 0 Å². The third kappa shape index (κ3) is 3.97. The van der Waals surface area contributed by atoms with E-state index in [1.807, 2.05) is 0 Å². The SMILES string of the molecule is NNC(Cc1cc(Cl)ccc1F)Cc1cccc(F)c1F. The minimum Gasteiger partial charge on any atom is -0.271 e. The quantitative estimate of drug-likeness (QED) is 0.656. The molecule has 0 amide bonds. The number of hydrogen-bond acceptors (Lipinski definition) is 2. The Morgan fingerprint density at radius 2 is 1.71 bits per heavy atom. The van der Waals surface area contributed by atoms with Crippen molar-refractivity contribution < 1.29 is 13.2 Å². The first-order chi connectivity index (χ1) is 10.0. The minimum absolute atomic E-state index is 0.131. The number of halogens is 4. The number of nitrogens with one attached hydrogen (secondary N) is 1. The summed E-state index contributed by atoms with van der Waals surface area (Å²) in [6, 6.07) is 7.67. The molecule has 1 unspecified atom stereocenters. The standard InChI is InChI=1S/C15H14ClF3N2/c16-11-4-5-13(17)10(6-11)8-12(21-20)7-9-2-1-3-14(18)15(9)19/h1-6,12,21H,7-8,20H2. The molecule has 0 aliphatic carbocycles. The molecule has 2 aromatic carbocycles. The molecule has 2 rings (SSSR count). The normalized spacial score (nSPS) is 12.4. The van der Waals surface area contributed by atoms with Crippen LogP contribution in [0.2, 0.25) is 5.02 Å². The summed E-state index contributed by atoms with van der Waals surface area (Å²) in [5.41, 5.74) is 3.04. The fraction of sp³-hybridized carbons (Fsp3) is 0.200. The summed E-state index contributed by atoms with van der Waals surface area (Å²) in [7, 11) is 0. The highest BCUT2D eigenvalue weighted by atomic mass is 35.5. The lowest BCUT2D eigenvalue weighted by Gasteiger charge is -2.17. The van der Waals surface area contributed by atoms with Gasteiger partial charge in [0, 0.05) is 11.1 Å². The first-order valence-corrected chi connectivity index (χ1v) is 6.72. The third-order valence-corrected chi connectivity index (χ3v) is 3.44. The molecule has 6 heteroatoms. The zero-order valence-corrected chi connectivity index (χ0v) is 11.8. The first kappa shape index (κ1) is 15.8. The zero-order chi connectivity index (χ0) is 15.4. The van der Waals surface area contributed by atoms with Crippen molar-refractivity contribution >= 4 is 11.6 Å². The Balaban J connectivity index is 2.17. The minimum atomic E-state index is -0.919. The molecule has 0 spiro atoms. The summed E-state index contributed by atoms with van der Waals surface area (Å²) in [4.78, 5) is 0. The van der Waals surface area contributed by atoms with Crippen molar-refractivity contribution in [1.29, 1.82) is 0 Å². The molecule has 0 heterocycles. The average Bonchev–Trinajstić information content (AvgIpc) is 2.46. The number of rotatable bonds is 5. The molecule has 0 aliphatic heterocycles. The molecule has 0 aromatic heterocycles. The number of hydrogen-bond donors (Lipinski definition) is 2. The van der Waals surface area contributed by atoms with Crippen LogP contribution in [0.15, 0.2) is 36.4 Å². The Kier molecular flexibility index (Phi) is 5.22. The summed E-state index contributed by atoms with van der Waals surface area (Å²) in [6.45, 7) is 0. The van der Waals surface area contributed by atoms with Gasteiger partial charge < -0.3 is 0 Å². The molecule has 1 atom stereocenters. The highest BCUT2D eigenvalue weighted by molar-refractivity contribution is 6.30. The Morgan fingerprint density at radius 1 is 1.00 bits per heavy atom. The maximum atomic E-state index is 13.7. The molecule has 0 saturated heterocycles. The summed E-state index contributed by atoms with van der Waals surface area (Å²) in [6.07, 6.45) is 0.338. The predicted octanol–water partition coefficient (Wildman–Crippen LogP) is 3.37. The molecule has 3 N–H and O–H groups in total. The topological polar surface area (TPSA) is 38.0 Å². The van der Waals surface area contributed by atoms with E-state index in [4.69, 9.17) is 17.4 Å². The van der Waals surface area contributed by atoms with E-state index in [-0.39, 0.29) is 18.4 Å². The van der Waals surface area contributed by atoms with Gasteiger partial charge in [-0.25, -0.2) is 13.2 Å². The van der Waals surface area contributed by atoms with Crippen molar-refractivity contribution in [2.45, 2.75) is 18.9 Å². The van der Waals surface area contributed by atoms with Gasteiger partial charge in [0.25, 0.3) is 0 Å². The number of nitrogens with two attached hydrogens (primary N) is 1. The molecule has 0 bridgehead atoms. The Hall–Kier alpha value is -1.56. The lowest BCUT2D eigenvalue weighted by atomic mass is 9.98. The molecule has 0 aliphatic rings. The molecular weight excluding hydrogens is 301 g/mol. The Labute approximate surface area is 125 Å². The zero-order valence-electron chi connectivity index (χ0n) is 11.0. The maximum absolute atomic E-state index is 13.7. The molecule has 0 radical (unpaired) electrons. The fourth-order valence-corrected chi connectivity index (χ4v) is 2.32. The van der Waals surface area contributed by atoms with Crippen molar-refractivity contribution in [2.24, 2.45) is 5.84 Å².